The normalized spacial score (nSPS) is 48.0. The molecule has 6 heterocycles. The van der Waals surface area contributed by atoms with Crippen molar-refractivity contribution in [3.8, 4) is 0 Å². The number of ketones is 1. The van der Waals surface area contributed by atoms with E-state index in [2.05, 4.69) is 41.5 Å². The van der Waals surface area contributed by atoms with Gasteiger partial charge < -0.3 is 53.2 Å². The highest BCUT2D eigenvalue weighted by Gasteiger charge is 2.64. The molecular formula is C47H78O13. The Morgan fingerprint density at radius 1 is 0.867 bits per heavy atom. The zero-order chi connectivity index (χ0) is 44.1. The SMILES string of the molecule is CO[C@H]1CC[C@H](O[C@@H]2C[C@@H]([C@@H](C)/C=C(\C)C(=O)[C@H](C)C[C@H](C)C(=O)O)O[C@]3(CO[C@](C)(C4CC[C@@H](C)[C@]5(O4)O[C@@H]([C@H]4O[C@@](O)(CO)[C@H](C)C[C@@H]4C)C[C@@H]5C)C3)[C@@H]2C)O[C@@H]1C. The first-order valence-electron chi connectivity index (χ1n) is 23.1. The second-order valence-corrected chi connectivity index (χ2v) is 20.6. The van der Waals surface area contributed by atoms with E-state index in [-0.39, 0.29) is 96.7 Å². The molecule has 3 N–H and O–H groups in total. The van der Waals surface area contributed by atoms with Gasteiger partial charge in [0.15, 0.2) is 23.6 Å². The number of carboxylic acids is 1. The maximum atomic E-state index is 13.5. The summed E-state index contributed by atoms with van der Waals surface area (Å²) in [5.74, 6) is -4.60. The van der Waals surface area contributed by atoms with Crippen LogP contribution >= 0.6 is 0 Å². The van der Waals surface area contributed by atoms with Gasteiger partial charge in [-0.05, 0) is 70.8 Å². The first-order chi connectivity index (χ1) is 28.1. The number of methoxy groups -OCH3 is 1. The summed E-state index contributed by atoms with van der Waals surface area (Å²) >= 11 is 0. The van der Waals surface area contributed by atoms with Gasteiger partial charge >= 0.3 is 5.97 Å². The minimum absolute atomic E-state index is 0.0148. The lowest BCUT2D eigenvalue weighted by Crippen LogP contribution is -2.59. The van der Waals surface area contributed by atoms with Crippen molar-refractivity contribution in [2.45, 2.75) is 206 Å². The fourth-order valence-corrected chi connectivity index (χ4v) is 11.8. The summed E-state index contributed by atoms with van der Waals surface area (Å²) in [6.07, 6.45) is 6.11. The lowest BCUT2D eigenvalue weighted by atomic mass is 9.72. The van der Waals surface area contributed by atoms with Gasteiger partial charge in [-0.1, -0.05) is 61.5 Å². The van der Waals surface area contributed by atoms with Crippen LogP contribution in [-0.4, -0.2) is 119 Å². The molecule has 0 aromatic heterocycles. The fraction of sp³-hybridized carbons (Fsp3) is 0.915. The van der Waals surface area contributed by atoms with Crippen molar-refractivity contribution in [2.75, 3.05) is 20.3 Å². The van der Waals surface area contributed by atoms with Gasteiger partial charge in [0, 0.05) is 61.9 Å². The van der Waals surface area contributed by atoms with E-state index in [0.717, 1.165) is 25.7 Å². The van der Waals surface area contributed by atoms with Crippen LogP contribution in [0.2, 0.25) is 0 Å². The zero-order valence-corrected chi connectivity index (χ0v) is 38.5. The third-order valence-electron chi connectivity index (χ3n) is 16.0. The number of hydrogen-bond acceptors (Lipinski definition) is 12. The van der Waals surface area contributed by atoms with E-state index in [9.17, 15) is 24.9 Å². The minimum Gasteiger partial charge on any atom is -0.481 e. The summed E-state index contributed by atoms with van der Waals surface area (Å²) in [4.78, 5) is 25.0. The molecule has 60 heavy (non-hydrogen) atoms. The van der Waals surface area contributed by atoms with Crippen LogP contribution in [0.15, 0.2) is 11.6 Å². The summed E-state index contributed by atoms with van der Waals surface area (Å²) in [5.41, 5.74) is -0.825. The Labute approximate surface area is 358 Å². The molecule has 6 aliphatic heterocycles. The van der Waals surface area contributed by atoms with Crippen LogP contribution in [0.3, 0.4) is 0 Å². The van der Waals surface area contributed by atoms with Gasteiger partial charge in [-0.2, -0.15) is 0 Å². The van der Waals surface area contributed by atoms with Gasteiger partial charge in [0.1, 0.15) is 0 Å². The maximum Gasteiger partial charge on any atom is 0.306 e. The molecule has 0 aromatic carbocycles. The van der Waals surface area contributed by atoms with Crippen molar-refractivity contribution in [3.63, 3.8) is 0 Å². The molecule has 0 amide bonds. The lowest BCUT2D eigenvalue weighted by molar-refractivity contribution is -0.358. The van der Waals surface area contributed by atoms with Crippen LogP contribution in [0.25, 0.3) is 0 Å². The number of carboxylic acid groups (broad SMARTS) is 1. The van der Waals surface area contributed by atoms with Gasteiger partial charge in [-0.15, -0.1) is 0 Å². The predicted molar refractivity (Wildman–Crippen MR) is 223 cm³/mol. The number of aliphatic hydroxyl groups excluding tert-OH is 1. The molecule has 0 aliphatic carbocycles. The number of rotatable bonds is 13. The third-order valence-corrected chi connectivity index (χ3v) is 16.0. The number of aliphatic hydroxyl groups is 2. The predicted octanol–water partition coefficient (Wildman–Crippen LogP) is 6.83. The number of allylic oxidation sites excluding steroid dienone is 1. The Morgan fingerprint density at radius 2 is 1.58 bits per heavy atom. The number of aliphatic carboxylic acids is 1. The van der Waals surface area contributed by atoms with Crippen molar-refractivity contribution in [1.82, 2.24) is 0 Å². The Hall–Kier alpha value is -1.52. The second kappa shape index (κ2) is 18.5. The van der Waals surface area contributed by atoms with Gasteiger partial charge in [-0.3, -0.25) is 9.59 Å². The average molecular weight is 851 g/mol. The van der Waals surface area contributed by atoms with E-state index in [1.54, 1.807) is 21.0 Å². The van der Waals surface area contributed by atoms with E-state index in [1.165, 1.54) is 0 Å². The Kier molecular flexibility index (Phi) is 14.8. The molecule has 0 radical (unpaired) electrons. The van der Waals surface area contributed by atoms with E-state index in [1.807, 2.05) is 26.8 Å². The molecule has 2 spiro atoms. The summed E-state index contributed by atoms with van der Waals surface area (Å²) in [7, 11) is 1.72. The monoisotopic (exact) mass is 851 g/mol. The van der Waals surface area contributed by atoms with E-state index in [0.29, 0.717) is 37.9 Å². The highest BCUT2D eigenvalue weighted by Crippen LogP contribution is 2.56. The van der Waals surface area contributed by atoms with Gasteiger partial charge in [-0.25, -0.2) is 0 Å². The van der Waals surface area contributed by atoms with E-state index >= 15 is 0 Å². The summed E-state index contributed by atoms with van der Waals surface area (Å²) in [6, 6.07) is 0. The smallest absolute Gasteiger partial charge is 0.306 e. The zero-order valence-electron chi connectivity index (χ0n) is 38.5. The van der Waals surface area contributed by atoms with Crippen LogP contribution in [0.1, 0.15) is 134 Å². The summed E-state index contributed by atoms with van der Waals surface area (Å²) in [5, 5.41) is 30.7. The second-order valence-electron chi connectivity index (χ2n) is 20.6. The lowest BCUT2D eigenvalue weighted by Gasteiger charge is -2.51. The Morgan fingerprint density at radius 3 is 2.23 bits per heavy atom. The van der Waals surface area contributed by atoms with Crippen molar-refractivity contribution >= 4 is 11.8 Å². The quantitative estimate of drug-likeness (QED) is 0.165. The molecule has 0 saturated carbocycles. The highest BCUT2D eigenvalue weighted by atomic mass is 16.7. The molecule has 6 rings (SSSR count). The number of carbonyl (C=O) groups is 2. The minimum atomic E-state index is -1.61. The van der Waals surface area contributed by atoms with Crippen molar-refractivity contribution in [3.05, 3.63) is 11.6 Å². The molecule has 1 unspecified atom stereocenters. The van der Waals surface area contributed by atoms with Crippen LogP contribution < -0.4 is 0 Å². The van der Waals surface area contributed by atoms with Crippen LogP contribution in [0.4, 0.5) is 0 Å². The fourth-order valence-electron chi connectivity index (χ4n) is 11.8. The van der Waals surface area contributed by atoms with Gasteiger partial charge in [0.05, 0.1) is 73.1 Å². The summed E-state index contributed by atoms with van der Waals surface area (Å²) < 4.78 is 53.7. The Balaban J connectivity index is 1.22. The van der Waals surface area contributed by atoms with E-state index < -0.39 is 47.2 Å². The molecule has 6 saturated heterocycles. The molecule has 0 bridgehead atoms. The first-order valence-corrected chi connectivity index (χ1v) is 23.1. The van der Waals surface area contributed by atoms with Crippen molar-refractivity contribution < 1.29 is 62.8 Å². The van der Waals surface area contributed by atoms with Gasteiger partial charge in [0.25, 0.3) is 0 Å². The number of carbonyl (C=O) groups excluding carboxylic acids is 1. The third kappa shape index (κ3) is 9.33. The van der Waals surface area contributed by atoms with Crippen LogP contribution in [-0.2, 0) is 47.5 Å². The summed E-state index contributed by atoms with van der Waals surface area (Å²) in [6.45, 7) is 22.0. The molecule has 0 aromatic rings. The van der Waals surface area contributed by atoms with Crippen LogP contribution in [0.5, 0.6) is 0 Å². The van der Waals surface area contributed by atoms with E-state index in [4.69, 9.17) is 37.9 Å². The molecular weight excluding hydrogens is 773 g/mol. The van der Waals surface area contributed by atoms with Crippen molar-refractivity contribution in [2.24, 2.45) is 47.3 Å². The highest BCUT2D eigenvalue weighted by molar-refractivity contribution is 5.96. The molecule has 6 aliphatic rings. The standard InChI is InChI=1S/C47H78O13/c1-25(17-26(2)41(49)27(3)18-29(5)43(50)51)36-21-37(56-40-16-14-35(53-12)34(10)55-40)33(9)45(57-36)22-44(11,54-24-45)39-15-13-30(6)47(59-39)32(8)20-38(58-47)42-28(4)19-31(7)46(52,23-48)60-42/h17,25,27-40,42,48,52H,13-16,18-24H2,1-12H3,(H,50,51)/b26-17+/t25-,27+,28-,29-,30+,31+,32-,33+,34+,35-,36-,37+,38+,39?,40-,42-,44-,45+,46-,47+/m0/s1. The van der Waals surface area contributed by atoms with Crippen molar-refractivity contribution in [1.29, 1.82) is 0 Å². The van der Waals surface area contributed by atoms with Gasteiger partial charge in [0.2, 0.25) is 0 Å². The average Bonchev–Trinajstić information content (AvgIpc) is 3.72. The molecule has 13 heteroatoms. The number of Topliss-reactive ketones (excluding diaryl/α,β-unsaturated/α-hetero) is 1. The largest absolute Gasteiger partial charge is 0.481 e. The molecule has 6 fully saturated rings. The Bertz CT molecular complexity index is 1540. The number of hydrogen-bond donors (Lipinski definition) is 3. The topological polar surface area (TPSA) is 169 Å². The maximum absolute atomic E-state index is 13.5. The first kappa shape index (κ1) is 47.9. The molecule has 20 atom stereocenters. The van der Waals surface area contributed by atoms with Crippen LogP contribution in [0, 0.1) is 47.3 Å². The number of ether oxygens (including phenoxy) is 8. The molecule has 344 valence electrons. The molecule has 13 nitrogen and oxygen atoms in total.